The van der Waals surface area contributed by atoms with Crippen molar-refractivity contribution < 1.29 is 19.7 Å². The lowest BCUT2D eigenvalue weighted by Gasteiger charge is -2.15. The monoisotopic (exact) mass is 182 g/mol. The number of hydrogen-bond donors (Lipinski definition) is 2. The molecule has 0 unspecified atom stereocenters. The van der Waals surface area contributed by atoms with Crippen LogP contribution in [0.25, 0.3) is 0 Å². The minimum Gasteiger partial charge on any atom is -0.405 e. The van der Waals surface area contributed by atoms with E-state index in [1.54, 1.807) is 18.2 Å². The second kappa shape index (κ2) is 3.55. The van der Waals surface area contributed by atoms with Gasteiger partial charge >= 0.3 is 11.9 Å². The highest BCUT2D eigenvalue weighted by Gasteiger charge is 2.21. The van der Waals surface area contributed by atoms with Gasteiger partial charge in [-0.05, 0) is 12.1 Å². The van der Waals surface area contributed by atoms with E-state index in [1.807, 2.05) is 0 Å². The molecule has 70 valence electrons. The Morgan fingerprint density at radius 2 is 1.85 bits per heavy atom. The smallest absolute Gasteiger partial charge is 0.342 e. The SMILES string of the molecule is CC(O)(O)OC(=O)c1ccccc1. The van der Waals surface area contributed by atoms with Crippen LogP contribution in [0.15, 0.2) is 30.3 Å². The molecule has 0 aliphatic heterocycles. The van der Waals surface area contributed by atoms with E-state index in [0.717, 1.165) is 6.92 Å². The molecule has 0 aliphatic carbocycles. The van der Waals surface area contributed by atoms with Crippen molar-refractivity contribution in [2.45, 2.75) is 12.9 Å². The van der Waals surface area contributed by atoms with Gasteiger partial charge in [-0.1, -0.05) is 18.2 Å². The van der Waals surface area contributed by atoms with Crippen molar-refractivity contribution in [3.8, 4) is 0 Å². The average molecular weight is 182 g/mol. The molecule has 0 spiro atoms. The van der Waals surface area contributed by atoms with E-state index in [-0.39, 0.29) is 5.56 Å². The first kappa shape index (κ1) is 9.70. The summed E-state index contributed by atoms with van der Waals surface area (Å²) in [6.07, 6.45) is 0. The highest BCUT2D eigenvalue weighted by Crippen LogP contribution is 2.07. The number of benzene rings is 1. The van der Waals surface area contributed by atoms with Gasteiger partial charge in [-0.15, -0.1) is 0 Å². The summed E-state index contributed by atoms with van der Waals surface area (Å²) in [7, 11) is 0. The summed E-state index contributed by atoms with van der Waals surface area (Å²) in [6.45, 7) is 0.966. The van der Waals surface area contributed by atoms with Crippen LogP contribution in [0.2, 0.25) is 0 Å². The zero-order valence-corrected chi connectivity index (χ0v) is 7.10. The number of hydrogen-bond acceptors (Lipinski definition) is 4. The number of carbonyl (C=O) groups excluding carboxylic acids is 1. The zero-order valence-electron chi connectivity index (χ0n) is 7.10. The zero-order chi connectivity index (χ0) is 9.90. The Balaban J connectivity index is 2.71. The lowest BCUT2D eigenvalue weighted by Crippen LogP contribution is -2.30. The van der Waals surface area contributed by atoms with Crippen molar-refractivity contribution in [2.75, 3.05) is 0 Å². The summed E-state index contributed by atoms with van der Waals surface area (Å²) in [5.41, 5.74) is 0.275. The number of carbonyl (C=O) groups is 1. The molecule has 0 saturated heterocycles. The largest absolute Gasteiger partial charge is 0.405 e. The molecule has 0 radical (unpaired) electrons. The first-order valence-electron chi connectivity index (χ1n) is 3.72. The summed E-state index contributed by atoms with van der Waals surface area (Å²) in [5, 5.41) is 17.5. The van der Waals surface area contributed by atoms with Gasteiger partial charge in [-0.2, -0.15) is 0 Å². The number of esters is 1. The summed E-state index contributed by atoms with van der Waals surface area (Å²) < 4.78 is 4.30. The van der Waals surface area contributed by atoms with Crippen molar-refractivity contribution in [1.82, 2.24) is 0 Å². The molecule has 0 amide bonds. The Labute approximate surface area is 75.4 Å². The molecule has 0 bridgehead atoms. The molecule has 0 aromatic heterocycles. The maximum Gasteiger partial charge on any atom is 0.342 e. The summed E-state index contributed by atoms with van der Waals surface area (Å²) >= 11 is 0. The molecule has 0 aliphatic rings. The van der Waals surface area contributed by atoms with Crippen LogP contribution < -0.4 is 0 Å². The fraction of sp³-hybridized carbons (Fsp3) is 0.222. The van der Waals surface area contributed by atoms with Gasteiger partial charge in [0.15, 0.2) is 0 Å². The molecule has 1 aromatic carbocycles. The fourth-order valence-electron chi connectivity index (χ4n) is 0.809. The number of aliphatic hydroxyl groups is 2. The second-order valence-corrected chi connectivity index (χ2v) is 2.69. The third-order valence-corrected chi connectivity index (χ3v) is 1.30. The van der Waals surface area contributed by atoms with Crippen LogP contribution in [0.4, 0.5) is 0 Å². The van der Waals surface area contributed by atoms with E-state index in [9.17, 15) is 4.79 Å². The fourth-order valence-corrected chi connectivity index (χ4v) is 0.809. The van der Waals surface area contributed by atoms with Gasteiger partial charge < -0.3 is 14.9 Å². The second-order valence-electron chi connectivity index (χ2n) is 2.69. The van der Waals surface area contributed by atoms with Gasteiger partial charge in [0.1, 0.15) is 0 Å². The first-order valence-corrected chi connectivity index (χ1v) is 3.72. The lowest BCUT2D eigenvalue weighted by molar-refractivity contribution is -0.293. The van der Waals surface area contributed by atoms with Gasteiger partial charge in [0.2, 0.25) is 0 Å². The van der Waals surface area contributed by atoms with Crippen molar-refractivity contribution in [2.24, 2.45) is 0 Å². The molecule has 13 heavy (non-hydrogen) atoms. The third kappa shape index (κ3) is 3.23. The Morgan fingerprint density at radius 1 is 1.31 bits per heavy atom. The van der Waals surface area contributed by atoms with Crippen LogP contribution in [0, 0.1) is 0 Å². The molecule has 0 saturated carbocycles. The van der Waals surface area contributed by atoms with E-state index in [1.165, 1.54) is 12.1 Å². The van der Waals surface area contributed by atoms with Gasteiger partial charge in [0, 0.05) is 6.92 Å². The minimum atomic E-state index is -2.42. The van der Waals surface area contributed by atoms with Crippen LogP contribution >= 0.6 is 0 Å². The van der Waals surface area contributed by atoms with Crippen LogP contribution in [0.1, 0.15) is 17.3 Å². The van der Waals surface area contributed by atoms with E-state index < -0.39 is 11.9 Å². The van der Waals surface area contributed by atoms with Crippen molar-refractivity contribution >= 4 is 5.97 Å². The molecular formula is C9H10O4. The van der Waals surface area contributed by atoms with Crippen LogP contribution in [0.5, 0.6) is 0 Å². The van der Waals surface area contributed by atoms with Crippen molar-refractivity contribution in [3.63, 3.8) is 0 Å². The summed E-state index contributed by atoms with van der Waals surface area (Å²) in [5.74, 6) is -3.19. The third-order valence-electron chi connectivity index (χ3n) is 1.30. The Hall–Kier alpha value is -1.39. The Bertz CT molecular complexity index is 286. The van der Waals surface area contributed by atoms with E-state index in [2.05, 4.69) is 4.74 Å². The average Bonchev–Trinajstić information content (AvgIpc) is 2.03. The summed E-state index contributed by atoms with van der Waals surface area (Å²) in [6, 6.07) is 8.10. The lowest BCUT2D eigenvalue weighted by atomic mass is 10.2. The highest BCUT2D eigenvalue weighted by molar-refractivity contribution is 5.89. The molecule has 2 N–H and O–H groups in total. The predicted molar refractivity (Wildman–Crippen MR) is 44.7 cm³/mol. The molecule has 0 heterocycles. The molecule has 0 fully saturated rings. The standard InChI is InChI=1S/C9H10O4/c1-9(11,12)13-8(10)7-5-3-2-4-6-7/h2-6,11-12H,1H3. The topological polar surface area (TPSA) is 66.8 Å². The maximum absolute atomic E-state index is 11.1. The van der Waals surface area contributed by atoms with E-state index >= 15 is 0 Å². The van der Waals surface area contributed by atoms with Crippen molar-refractivity contribution in [1.29, 1.82) is 0 Å². The molecule has 4 nitrogen and oxygen atoms in total. The van der Waals surface area contributed by atoms with E-state index in [4.69, 9.17) is 10.2 Å². The number of ether oxygens (including phenoxy) is 1. The van der Waals surface area contributed by atoms with E-state index in [0.29, 0.717) is 0 Å². The Morgan fingerprint density at radius 3 is 2.31 bits per heavy atom. The molecule has 0 atom stereocenters. The van der Waals surface area contributed by atoms with Gasteiger partial charge in [0.05, 0.1) is 5.56 Å². The van der Waals surface area contributed by atoms with Gasteiger partial charge in [-0.3, -0.25) is 0 Å². The maximum atomic E-state index is 11.1. The van der Waals surface area contributed by atoms with Crippen molar-refractivity contribution in [3.05, 3.63) is 35.9 Å². The molecular weight excluding hydrogens is 172 g/mol. The van der Waals surface area contributed by atoms with Crippen LogP contribution in [0.3, 0.4) is 0 Å². The quantitative estimate of drug-likeness (QED) is 0.516. The normalized spacial score (nSPS) is 11.0. The van der Waals surface area contributed by atoms with Crippen LogP contribution in [-0.4, -0.2) is 22.2 Å². The van der Waals surface area contributed by atoms with Gasteiger partial charge in [0.25, 0.3) is 0 Å². The van der Waals surface area contributed by atoms with Crippen LogP contribution in [-0.2, 0) is 4.74 Å². The predicted octanol–water partition coefficient (Wildman–Crippen LogP) is 0.502. The summed E-state index contributed by atoms with van der Waals surface area (Å²) in [4.78, 5) is 11.1. The van der Waals surface area contributed by atoms with Gasteiger partial charge in [-0.25, -0.2) is 4.79 Å². The molecule has 1 aromatic rings. The highest BCUT2D eigenvalue weighted by atomic mass is 16.8. The first-order chi connectivity index (χ1) is 5.99. The number of rotatable bonds is 2. The minimum absolute atomic E-state index is 0.275. The molecule has 4 heteroatoms. The Kier molecular flexibility index (Phi) is 2.65. The molecule has 1 rings (SSSR count).